The lowest BCUT2D eigenvalue weighted by Gasteiger charge is -2.05. The van der Waals surface area contributed by atoms with Gasteiger partial charge in [-0.25, -0.2) is 9.66 Å². The Labute approximate surface area is 180 Å². The van der Waals surface area contributed by atoms with Crippen molar-refractivity contribution in [3.05, 3.63) is 42.5 Å². The normalized spacial score (nSPS) is 10.9. The summed E-state index contributed by atoms with van der Waals surface area (Å²) < 4.78 is 12.7. The molecule has 0 aliphatic carbocycles. The molecule has 0 radical (unpaired) electrons. The smallest absolute Gasteiger partial charge is 0.236 e. The number of fused-ring (bicyclic) bond motifs is 1. The lowest BCUT2D eigenvalue weighted by molar-refractivity contribution is -0.113. The second-order valence-corrected chi connectivity index (χ2v) is 8.07. The van der Waals surface area contributed by atoms with Gasteiger partial charge in [0.1, 0.15) is 11.5 Å². The number of benzene rings is 2. The Hall–Kier alpha value is -3.31. The van der Waals surface area contributed by atoms with E-state index in [4.69, 9.17) is 15.3 Å². The third kappa shape index (κ3) is 4.16. The molecule has 11 heteroatoms. The van der Waals surface area contributed by atoms with E-state index in [1.54, 1.807) is 14.2 Å². The first-order valence-electron chi connectivity index (χ1n) is 8.79. The molecule has 0 atom stereocenters. The number of aromatic nitrogens is 4. The van der Waals surface area contributed by atoms with E-state index in [9.17, 15) is 4.79 Å². The monoisotopic (exact) mass is 442 g/mol. The average Bonchev–Trinajstić information content (AvgIpc) is 3.34. The fourth-order valence-electron chi connectivity index (χ4n) is 2.68. The quantitative estimate of drug-likeness (QED) is 0.331. The zero-order valence-corrected chi connectivity index (χ0v) is 17.8. The van der Waals surface area contributed by atoms with Gasteiger partial charge in [0.2, 0.25) is 11.1 Å². The van der Waals surface area contributed by atoms with Gasteiger partial charge in [0.25, 0.3) is 0 Å². The molecule has 0 unspecified atom stereocenters. The van der Waals surface area contributed by atoms with Crippen LogP contribution in [0.3, 0.4) is 0 Å². The number of anilines is 1. The first kappa shape index (κ1) is 20.0. The van der Waals surface area contributed by atoms with Crippen molar-refractivity contribution in [1.29, 1.82) is 0 Å². The maximum atomic E-state index is 12.3. The first-order valence-corrected chi connectivity index (χ1v) is 10.6. The van der Waals surface area contributed by atoms with Crippen molar-refractivity contribution in [1.82, 2.24) is 19.9 Å². The standard InChI is InChI=1S/C19H18N6O3S2/c1-27-12-5-3-11(4-6-12)17-23-24-19(25(17)20)29-10-16(26)22-18-21-14-8-7-13(28-2)9-15(14)30-18/h3-9H,10,20H2,1-2H3,(H,21,22,26). The molecular weight excluding hydrogens is 424 g/mol. The maximum absolute atomic E-state index is 12.3. The number of methoxy groups -OCH3 is 2. The van der Waals surface area contributed by atoms with E-state index in [0.717, 1.165) is 27.3 Å². The van der Waals surface area contributed by atoms with Crippen LogP contribution in [-0.4, -0.2) is 45.7 Å². The van der Waals surface area contributed by atoms with Gasteiger partial charge < -0.3 is 20.6 Å². The molecule has 0 saturated heterocycles. The SMILES string of the molecule is COc1ccc(-c2nnc(SCC(=O)Nc3nc4ccc(OC)cc4s3)n2N)cc1. The van der Waals surface area contributed by atoms with E-state index in [-0.39, 0.29) is 11.7 Å². The van der Waals surface area contributed by atoms with Gasteiger partial charge in [0.05, 0.1) is 30.2 Å². The second-order valence-electron chi connectivity index (χ2n) is 6.09. The molecule has 30 heavy (non-hydrogen) atoms. The van der Waals surface area contributed by atoms with Crippen LogP contribution in [-0.2, 0) is 4.79 Å². The summed E-state index contributed by atoms with van der Waals surface area (Å²) in [7, 11) is 3.21. The number of nitrogens with zero attached hydrogens (tertiary/aromatic N) is 4. The van der Waals surface area contributed by atoms with Gasteiger partial charge in [-0.3, -0.25) is 4.79 Å². The topological polar surface area (TPSA) is 117 Å². The average molecular weight is 443 g/mol. The highest BCUT2D eigenvalue weighted by molar-refractivity contribution is 7.99. The van der Waals surface area contributed by atoms with Crippen molar-refractivity contribution >= 4 is 44.4 Å². The molecule has 4 aromatic rings. The van der Waals surface area contributed by atoms with E-state index >= 15 is 0 Å². The maximum Gasteiger partial charge on any atom is 0.236 e. The van der Waals surface area contributed by atoms with Crippen LogP contribution < -0.4 is 20.6 Å². The summed E-state index contributed by atoms with van der Waals surface area (Å²) in [5.41, 5.74) is 1.60. The van der Waals surface area contributed by atoms with Crippen LogP contribution in [0.5, 0.6) is 11.5 Å². The molecular formula is C19H18N6O3S2. The number of carbonyl (C=O) groups is 1. The van der Waals surface area contributed by atoms with Gasteiger partial charge >= 0.3 is 0 Å². The molecule has 0 aliphatic heterocycles. The minimum atomic E-state index is -0.208. The highest BCUT2D eigenvalue weighted by atomic mass is 32.2. The molecule has 9 nitrogen and oxygen atoms in total. The summed E-state index contributed by atoms with van der Waals surface area (Å²) in [4.78, 5) is 16.8. The number of nitrogens with one attached hydrogen (secondary N) is 1. The van der Waals surface area contributed by atoms with Crippen molar-refractivity contribution in [2.24, 2.45) is 0 Å². The Bertz CT molecular complexity index is 1190. The number of ether oxygens (including phenoxy) is 2. The number of nitrogen functional groups attached to an aromatic ring is 1. The predicted octanol–water partition coefficient (Wildman–Crippen LogP) is 3.02. The Morgan fingerprint density at radius 1 is 1.13 bits per heavy atom. The number of thiazole rings is 1. The zero-order chi connectivity index (χ0) is 21.1. The van der Waals surface area contributed by atoms with Gasteiger partial charge in [-0.1, -0.05) is 23.1 Å². The lowest BCUT2D eigenvalue weighted by atomic mass is 10.2. The van der Waals surface area contributed by atoms with Crippen LogP contribution in [0.4, 0.5) is 5.13 Å². The van der Waals surface area contributed by atoms with Crippen LogP contribution in [0, 0.1) is 0 Å². The van der Waals surface area contributed by atoms with E-state index < -0.39 is 0 Å². The largest absolute Gasteiger partial charge is 0.497 e. The molecule has 154 valence electrons. The van der Waals surface area contributed by atoms with Crippen molar-refractivity contribution in [3.8, 4) is 22.9 Å². The van der Waals surface area contributed by atoms with Crippen LogP contribution in [0.2, 0.25) is 0 Å². The molecule has 0 bridgehead atoms. The van der Waals surface area contributed by atoms with Crippen LogP contribution in [0.25, 0.3) is 21.6 Å². The molecule has 0 spiro atoms. The summed E-state index contributed by atoms with van der Waals surface area (Å²) >= 11 is 2.58. The minimum Gasteiger partial charge on any atom is -0.497 e. The highest BCUT2D eigenvalue weighted by Gasteiger charge is 2.15. The molecule has 4 rings (SSSR count). The summed E-state index contributed by atoms with van der Waals surface area (Å²) in [5, 5.41) is 12.0. The van der Waals surface area contributed by atoms with Crippen molar-refractivity contribution in [3.63, 3.8) is 0 Å². The van der Waals surface area contributed by atoms with Gasteiger partial charge in [-0.15, -0.1) is 10.2 Å². The number of hydrogen-bond acceptors (Lipinski definition) is 9. The van der Waals surface area contributed by atoms with Gasteiger partial charge in [-0.05, 0) is 42.5 Å². The van der Waals surface area contributed by atoms with E-state index in [2.05, 4.69) is 20.5 Å². The molecule has 1 amide bonds. The predicted molar refractivity (Wildman–Crippen MR) is 118 cm³/mol. The molecule has 0 saturated carbocycles. The van der Waals surface area contributed by atoms with Gasteiger partial charge in [-0.2, -0.15) is 0 Å². The Kier molecular flexibility index (Phi) is 5.72. The van der Waals surface area contributed by atoms with Gasteiger partial charge in [0.15, 0.2) is 11.0 Å². The van der Waals surface area contributed by atoms with Crippen LogP contribution in [0.1, 0.15) is 0 Å². The first-order chi connectivity index (χ1) is 14.6. The third-order valence-electron chi connectivity index (χ3n) is 4.19. The van der Waals surface area contributed by atoms with Crippen molar-refractivity contribution < 1.29 is 14.3 Å². The molecule has 0 fully saturated rings. The number of nitrogens with two attached hydrogens (primary N) is 1. The molecule has 3 N–H and O–H groups in total. The van der Waals surface area contributed by atoms with Gasteiger partial charge in [0, 0.05) is 5.56 Å². The minimum absolute atomic E-state index is 0.122. The third-order valence-corrected chi connectivity index (χ3v) is 6.06. The fraction of sp³-hybridized carbons (Fsp3) is 0.158. The number of amides is 1. The fourth-order valence-corrected chi connectivity index (χ4v) is 4.25. The number of rotatable bonds is 7. The van der Waals surface area contributed by atoms with E-state index in [1.807, 2.05) is 42.5 Å². The number of thioether (sulfide) groups is 1. The molecule has 2 aromatic heterocycles. The van der Waals surface area contributed by atoms with Crippen molar-refractivity contribution in [2.45, 2.75) is 5.16 Å². The molecule has 2 heterocycles. The summed E-state index contributed by atoms with van der Waals surface area (Å²) in [6.45, 7) is 0. The van der Waals surface area contributed by atoms with Crippen LogP contribution in [0.15, 0.2) is 47.6 Å². The molecule has 2 aromatic carbocycles. The molecule has 0 aliphatic rings. The Balaban J connectivity index is 1.39. The van der Waals surface area contributed by atoms with Crippen LogP contribution >= 0.6 is 23.1 Å². The number of carbonyl (C=O) groups excluding carboxylic acids is 1. The van der Waals surface area contributed by atoms with E-state index in [1.165, 1.54) is 27.8 Å². The summed E-state index contributed by atoms with van der Waals surface area (Å²) in [6.07, 6.45) is 0. The lowest BCUT2D eigenvalue weighted by Crippen LogP contribution is -2.16. The second kappa shape index (κ2) is 8.59. The zero-order valence-electron chi connectivity index (χ0n) is 16.2. The number of hydrogen-bond donors (Lipinski definition) is 2. The Morgan fingerprint density at radius 3 is 2.60 bits per heavy atom. The highest BCUT2D eigenvalue weighted by Crippen LogP contribution is 2.29. The summed E-state index contributed by atoms with van der Waals surface area (Å²) in [6, 6.07) is 12.9. The summed E-state index contributed by atoms with van der Waals surface area (Å²) in [5.74, 6) is 8.01. The Morgan fingerprint density at radius 2 is 1.87 bits per heavy atom. The van der Waals surface area contributed by atoms with E-state index in [0.29, 0.717) is 16.1 Å². The van der Waals surface area contributed by atoms with Crippen molar-refractivity contribution in [2.75, 3.05) is 31.1 Å².